The van der Waals surface area contributed by atoms with E-state index in [4.69, 9.17) is 0 Å². The van der Waals surface area contributed by atoms with Crippen molar-refractivity contribution in [3.63, 3.8) is 0 Å². The van der Waals surface area contributed by atoms with Gasteiger partial charge in [-0.3, -0.25) is 48.4 Å². The fraction of sp³-hybridized carbons (Fsp3) is 0.824. The molecule has 0 aliphatic carbocycles. The van der Waals surface area contributed by atoms with Crippen LogP contribution in [-0.4, -0.2) is 160 Å². The van der Waals surface area contributed by atoms with Crippen LogP contribution in [0.15, 0.2) is 0 Å². The van der Waals surface area contributed by atoms with Gasteiger partial charge in [-0.2, -0.15) is 0 Å². The number of aliphatic carboxylic acids is 4. The quantitative estimate of drug-likeness (QED) is 0.0913. The molecule has 0 aromatic carbocycles. The minimum atomic E-state index is -1.12. The third-order valence-corrected chi connectivity index (χ3v) is 9.15. The van der Waals surface area contributed by atoms with Crippen molar-refractivity contribution in [2.75, 3.05) is 78.5 Å². The van der Waals surface area contributed by atoms with Crippen LogP contribution in [0.2, 0.25) is 0 Å². The third-order valence-electron chi connectivity index (χ3n) is 9.15. The minimum Gasteiger partial charge on any atom is -0.480 e. The second-order valence-corrected chi connectivity index (χ2v) is 13.1. The van der Waals surface area contributed by atoms with Gasteiger partial charge in [-0.05, 0) is 25.7 Å². The molecule has 1 heterocycles. The summed E-state index contributed by atoms with van der Waals surface area (Å²) in [4.78, 5) is 77.9. The SMILES string of the molecule is CCC(C)C(=O)CCCCCCCCCCNC(=O)CCC(C(=O)O)N1CCN(CC(=O)O)CCN(CC(=O)O)CCN(CC(=O)O)CC1. The van der Waals surface area contributed by atoms with Gasteiger partial charge in [0.1, 0.15) is 11.8 Å². The molecule has 0 aromatic rings. The predicted molar refractivity (Wildman–Crippen MR) is 183 cm³/mol. The Morgan fingerprint density at radius 2 is 1.00 bits per heavy atom. The second-order valence-electron chi connectivity index (χ2n) is 13.1. The average Bonchev–Trinajstić information content (AvgIpc) is 3.02. The van der Waals surface area contributed by atoms with E-state index in [0.717, 1.165) is 57.8 Å². The smallest absolute Gasteiger partial charge is 0.320 e. The van der Waals surface area contributed by atoms with Crippen molar-refractivity contribution in [3.05, 3.63) is 0 Å². The van der Waals surface area contributed by atoms with Crippen molar-refractivity contribution in [1.82, 2.24) is 24.9 Å². The zero-order valence-electron chi connectivity index (χ0n) is 29.7. The Balaban J connectivity index is 2.61. The van der Waals surface area contributed by atoms with E-state index in [-0.39, 0.29) is 96.7 Å². The summed E-state index contributed by atoms with van der Waals surface area (Å²) >= 11 is 0. The van der Waals surface area contributed by atoms with Crippen LogP contribution in [0.3, 0.4) is 0 Å². The van der Waals surface area contributed by atoms with E-state index in [0.29, 0.717) is 18.7 Å². The Morgan fingerprint density at radius 1 is 0.592 bits per heavy atom. The molecule has 1 fully saturated rings. The molecule has 15 nitrogen and oxygen atoms in total. The lowest BCUT2D eigenvalue weighted by Gasteiger charge is -2.35. The van der Waals surface area contributed by atoms with E-state index in [9.17, 15) is 49.2 Å². The summed E-state index contributed by atoms with van der Waals surface area (Å²) < 4.78 is 0. The summed E-state index contributed by atoms with van der Waals surface area (Å²) in [6.07, 6.45) is 9.85. The maximum atomic E-state index is 12.6. The number of carboxylic acid groups (broad SMARTS) is 4. The highest BCUT2D eigenvalue weighted by atomic mass is 16.4. The van der Waals surface area contributed by atoms with Crippen molar-refractivity contribution < 1.29 is 49.2 Å². The molecule has 0 aromatic heterocycles. The Kier molecular flexibility index (Phi) is 23.1. The normalized spacial score (nSPS) is 17.3. The van der Waals surface area contributed by atoms with Gasteiger partial charge < -0.3 is 25.7 Å². The number of unbranched alkanes of at least 4 members (excludes halogenated alkanes) is 7. The maximum absolute atomic E-state index is 12.6. The minimum absolute atomic E-state index is 0.00513. The van der Waals surface area contributed by atoms with Crippen LogP contribution in [0.4, 0.5) is 0 Å². The fourth-order valence-corrected chi connectivity index (χ4v) is 5.92. The Labute approximate surface area is 291 Å². The molecule has 49 heavy (non-hydrogen) atoms. The number of nitrogens with one attached hydrogen (secondary N) is 1. The summed E-state index contributed by atoms with van der Waals surface area (Å²) in [5.74, 6) is -4.03. The number of carbonyl (C=O) groups is 6. The highest BCUT2D eigenvalue weighted by Crippen LogP contribution is 2.14. The van der Waals surface area contributed by atoms with Gasteiger partial charge in [-0.1, -0.05) is 52.4 Å². The highest BCUT2D eigenvalue weighted by Gasteiger charge is 2.28. The first-order chi connectivity index (χ1) is 23.3. The van der Waals surface area contributed by atoms with Gasteiger partial charge in [0, 0.05) is 77.7 Å². The molecule has 0 bridgehead atoms. The molecule has 1 rings (SSSR count). The number of ketones is 1. The molecule has 2 unspecified atom stereocenters. The molecule has 1 amide bonds. The zero-order valence-corrected chi connectivity index (χ0v) is 29.7. The number of carbonyl (C=O) groups excluding carboxylic acids is 2. The number of rotatable bonds is 24. The van der Waals surface area contributed by atoms with E-state index >= 15 is 0 Å². The van der Waals surface area contributed by atoms with Gasteiger partial charge in [0.15, 0.2) is 0 Å². The molecule has 0 spiro atoms. The van der Waals surface area contributed by atoms with E-state index in [2.05, 4.69) is 5.32 Å². The molecule has 282 valence electrons. The van der Waals surface area contributed by atoms with Crippen molar-refractivity contribution >= 4 is 35.6 Å². The van der Waals surface area contributed by atoms with E-state index < -0.39 is 29.9 Å². The first kappa shape index (κ1) is 43.9. The first-order valence-corrected chi connectivity index (χ1v) is 17.9. The average molecular weight is 700 g/mol. The molecule has 0 saturated carbocycles. The topological polar surface area (TPSA) is 208 Å². The summed E-state index contributed by atoms with van der Waals surface area (Å²) in [5, 5.41) is 41.2. The summed E-state index contributed by atoms with van der Waals surface area (Å²) in [7, 11) is 0. The Hall–Kier alpha value is -3.14. The lowest BCUT2D eigenvalue weighted by Crippen LogP contribution is -2.52. The standard InChI is InChI=1S/C34H61N5O10/c1-3-27(2)29(40)12-10-8-6-4-5-7-9-11-15-35-30(41)14-13-28(34(48)49)39-22-20-37(25-32(44)45)18-16-36(24-31(42)43)17-19-38(21-23-39)26-33(46)47/h27-28H,3-26H2,1-2H3,(H,35,41)(H,42,43)(H,44,45)(H,46,47)(H,48,49). The molecule has 15 heteroatoms. The van der Waals surface area contributed by atoms with Gasteiger partial charge in [-0.15, -0.1) is 0 Å². The van der Waals surface area contributed by atoms with E-state index in [1.807, 2.05) is 13.8 Å². The molecule has 1 saturated heterocycles. The summed E-state index contributed by atoms with van der Waals surface area (Å²) in [6.45, 7) is 5.31. The number of amides is 1. The molecular formula is C34H61N5O10. The molecule has 1 aliphatic rings. The van der Waals surface area contributed by atoms with Crippen LogP contribution >= 0.6 is 0 Å². The lowest BCUT2D eigenvalue weighted by atomic mass is 9.98. The Morgan fingerprint density at radius 3 is 1.41 bits per heavy atom. The van der Waals surface area contributed by atoms with Crippen LogP contribution in [0, 0.1) is 5.92 Å². The molecule has 5 N–H and O–H groups in total. The molecular weight excluding hydrogens is 638 g/mol. The Bertz CT molecular complexity index is 997. The lowest BCUT2D eigenvalue weighted by molar-refractivity contribution is -0.145. The fourth-order valence-electron chi connectivity index (χ4n) is 5.92. The van der Waals surface area contributed by atoms with Crippen LogP contribution in [-0.2, 0) is 28.8 Å². The molecule has 0 radical (unpaired) electrons. The third kappa shape index (κ3) is 21.5. The zero-order chi connectivity index (χ0) is 36.6. The van der Waals surface area contributed by atoms with Crippen molar-refractivity contribution in [2.24, 2.45) is 5.92 Å². The van der Waals surface area contributed by atoms with Crippen LogP contribution in [0.1, 0.15) is 90.9 Å². The number of nitrogens with zero attached hydrogens (tertiary/aromatic N) is 4. The monoisotopic (exact) mass is 699 g/mol. The number of hydrogen-bond acceptors (Lipinski definition) is 10. The predicted octanol–water partition coefficient (Wildman–Crippen LogP) is 1.94. The van der Waals surface area contributed by atoms with Crippen LogP contribution in [0.5, 0.6) is 0 Å². The van der Waals surface area contributed by atoms with Crippen LogP contribution in [0.25, 0.3) is 0 Å². The van der Waals surface area contributed by atoms with Gasteiger partial charge in [-0.25, -0.2) is 0 Å². The van der Waals surface area contributed by atoms with Gasteiger partial charge in [0.25, 0.3) is 0 Å². The number of carboxylic acids is 4. The van der Waals surface area contributed by atoms with E-state index in [1.165, 1.54) is 0 Å². The highest BCUT2D eigenvalue weighted by molar-refractivity contribution is 5.80. The summed E-state index contributed by atoms with van der Waals surface area (Å²) in [6, 6.07) is -1.04. The molecule has 1 aliphatic heterocycles. The van der Waals surface area contributed by atoms with Crippen molar-refractivity contribution in [2.45, 2.75) is 96.9 Å². The number of Topliss-reactive ketones (excluding diaryl/α,β-unsaturated/α-hetero) is 1. The van der Waals surface area contributed by atoms with Gasteiger partial charge in [0.2, 0.25) is 5.91 Å². The second kappa shape index (κ2) is 25.8. The first-order valence-electron chi connectivity index (χ1n) is 17.9. The maximum Gasteiger partial charge on any atom is 0.320 e. The van der Waals surface area contributed by atoms with Crippen molar-refractivity contribution in [1.29, 1.82) is 0 Å². The largest absolute Gasteiger partial charge is 0.480 e. The van der Waals surface area contributed by atoms with E-state index in [1.54, 1.807) is 19.6 Å². The summed E-state index contributed by atoms with van der Waals surface area (Å²) in [5.41, 5.74) is 0. The van der Waals surface area contributed by atoms with Gasteiger partial charge in [0.05, 0.1) is 19.6 Å². The van der Waals surface area contributed by atoms with Crippen molar-refractivity contribution in [3.8, 4) is 0 Å². The van der Waals surface area contributed by atoms with Crippen LogP contribution < -0.4 is 5.32 Å². The van der Waals surface area contributed by atoms with Gasteiger partial charge >= 0.3 is 23.9 Å². The number of hydrogen-bond donors (Lipinski definition) is 5. The molecule has 2 atom stereocenters.